The second kappa shape index (κ2) is 4.97. The van der Waals surface area contributed by atoms with Crippen molar-refractivity contribution in [3.05, 3.63) is 58.2 Å². The van der Waals surface area contributed by atoms with E-state index in [1.165, 1.54) is 6.07 Å². The van der Waals surface area contributed by atoms with Gasteiger partial charge in [0.25, 0.3) is 5.69 Å². The molecule has 0 aliphatic heterocycles. The number of nitro groups is 1. The quantitative estimate of drug-likeness (QED) is 0.416. The van der Waals surface area contributed by atoms with Crippen LogP contribution in [0.1, 0.15) is 12.5 Å². The second-order valence-corrected chi connectivity index (χ2v) is 2.70. The van der Waals surface area contributed by atoms with Gasteiger partial charge in [0.05, 0.1) is 10.5 Å². The Morgan fingerprint density at radius 2 is 2.00 bits per heavy atom. The van der Waals surface area contributed by atoms with Crippen LogP contribution in [0.4, 0.5) is 5.69 Å². The molecule has 0 bridgehead atoms. The molecule has 1 aromatic carbocycles. The first kappa shape index (κ1) is 10.2. The summed E-state index contributed by atoms with van der Waals surface area (Å²) in [7, 11) is 0. The van der Waals surface area contributed by atoms with Crippen LogP contribution < -0.4 is 0 Å². The van der Waals surface area contributed by atoms with Gasteiger partial charge in [-0.3, -0.25) is 10.1 Å². The van der Waals surface area contributed by atoms with E-state index < -0.39 is 0 Å². The zero-order valence-electron chi connectivity index (χ0n) is 7.88. The lowest BCUT2D eigenvalue weighted by Crippen LogP contribution is -1.90. The Morgan fingerprint density at radius 1 is 1.29 bits per heavy atom. The van der Waals surface area contributed by atoms with Gasteiger partial charge < -0.3 is 0 Å². The van der Waals surface area contributed by atoms with Gasteiger partial charge in [0, 0.05) is 6.07 Å². The first-order valence-corrected chi connectivity index (χ1v) is 4.28. The number of rotatable bonds is 3. The molecule has 0 N–H and O–H groups in total. The molecule has 0 aliphatic carbocycles. The van der Waals surface area contributed by atoms with Gasteiger partial charge in [-0.1, -0.05) is 30.4 Å². The van der Waals surface area contributed by atoms with Crippen molar-refractivity contribution >= 4 is 11.8 Å². The van der Waals surface area contributed by atoms with E-state index in [1.54, 1.807) is 30.4 Å². The molecule has 1 rings (SSSR count). The minimum atomic E-state index is -0.380. The fourth-order valence-corrected chi connectivity index (χ4v) is 1.07. The number of hydrogen-bond donors (Lipinski definition) is 0. The maximum absolute atomic E-state index is 10.6. The third kappa shape index (κ3) is 2.55. The summed E-state index contributed by atoms with van der Waals surface area (Å²) in [6.45, 7) is 1.89. The van der Waals surface area contributed by atoms with Crippen LogP contribution >= 0.6 is 0 Å². The van der Waals surface area contributed by atoms with Crippen LogP contribution in [0.3, 0.4) is 0 Å². The van der Waals surface area contributed by atoms with E-state index >= 15 is 0 Å². The number of allylic oxidation sites excluding steroid dienone is 3. The van der Waals surface area contributed by atoms with Crippen molar-refractivity contribution in [1.82, 2.24) is 0 Å². The van der Waals surface area contributed by atoms with E-state index in [2.05, 4.69) is 0 Å². The topological polar surface area (TPSA) is 43.1 Å². The lowest BCUT2D eigenvalue weighted by atomic mass is 10.1. The van der Waals surface area contributed by atoms with Gasteiger partial charge in [-0.25, -0.2) is 0 Å². The van der Waals surface area contributed by atoms with E-state index in [4.69, 9.17) is 0 Å². The summed E-state index contributed by atoms with van der Waals surface area (Å²) in [4.78, 5) is 10.2. The monoisotopic (exact) mass is 189 g/mol. The Bertz CT molecular complexity index is 381. The van der Waals surface area contributed by atoms with Gasteiger partial charge in [0.15, 0.2) is 0 Å². The smallest absolute Gasteiger partial charge is 0.258 e. The molecule has 0 unspecified atom stereocenters. The zero-order chi connectivity index (χ0) is 10.4. The summed E-state index contributed by atoms with van der Waals surface area (Å²) in [6, 6.07) is 6.65. The van der Waals surface area contributed by atoms with Gasteiger partial charge in [0.1, 0.15) is 0 Å². The van der Waals surface area contributed by atoms with Crippen molar-refractivity contribution in [2.24, 2.45) is 0 Å². The molecular formula is C11H11NO2. The van der Waals surface area contributed by atoms with Crippen molar-refractivity contribution in [2.75, 3.05) is 0 Å². The van der Waals surface area contributed by atoms with Crippen LogP contribution in [-0.2, 0) is 0 Å². The molecule has 0 atom stereocenters. The first-order chi connectivity index (χ1) is 6.75. The van der Waals surface area contributed by atoms with Gasteiger partial charge in [-0.2, -0.15) is 0 Å². The van der Waals surface area contributed by atoms with Crippen LogP contribution in [-0.4, -0.2) is 4.92 Å². The highest BCUT2D eigenvalue weighted by atomic mass is 16.6. The van der Waals surface area contributed by atoms with Crippen molar-refractivity contribution < 1.29 is 4.92 Å². The summed E-state index contributed by atoms with van der Waals surface area (Å²) in [5.41, 5.74) is 0.754. The summed E-state index contributed by atoms with van der Waals surface area (Å²) in [5.74, 6) is 0. The highest BCUT2D eigenvalue weighted by molar-refractivity contribution is 5.61. The predicted octanol–water partition coefficient (Wildman–Crippen LogP) is 3.18. The van der Waals surface area contributed by atoms with Gasteiger partial charge in [-0.15, -0.1) is 0 Å². The summed E-state index contributed by atoms with van der Waals surface area (Å²) in [5, 5.41) is 10.6. The minimum absolute atomic E-state index is 0.133. The average Bonchev–Trinajstić information content (AvgIpc) is 2.19. The first-order valence-electron chi connectivity index (χ1n) is 4.28. The second-order valence-electron chi connectivity index (χ2n) is 2.70. The standard InChI is InChI=1S/C11H11NO2/c1-2-3-4-7-10-8-5-6-9-11(10)12(13)14/h2-9H,1H3/b3-2+,7-4+. The molecule has 0 fully saturated rings. The highest BCUT2D eigenvalue weighted by Crippen LogP contribution is 2.18. The summed E-state index contributed by atoms with van der Waals surface area (Å²) in [6.07, 6.45) is 7.20. The molecule has 3 heteroatoms. The molecule has 0 spiro atoms. The van der Waals surface area contributed by atoms with Crippen molar-refractivity contribution in [2.45, 2.75) is 6.92 Å². The van der Waals surface area contributed by atoms with Gasteiger partial charge in [-0.05, 0) is 19.1 Å². The van der Waals surface area contributed by atoms with Crippen LogP contribution in [0.15, 0.2) is 42.5 Å². The predicted molar refractivity (Wildman–Crippen MR) is 56.9 cm³/mol. The molecule has 0 radical (unpaired) electrons. The van der Waals surface area contributed by atoms with Gasteiger partial charge in [0.2, 0.25) is 0 Å². The highest BCUT2D eigenvalue weighted by Gasteiger charge is 2.08. The van der Waals surface area contributed by atoms with Crippen molar-refractivity contribution in [1.29, 1.82) is 0 Å². The largest absolute Gasteiger partial charge is 0.276 e. The Labute approximate surface area is 82.5 Å². The zero-order valence-corrected chi connectivity index (χ0v) is 7.88. The summed E-state index contributed by atoms with van der Waals surface area (Å²) < 4.78 is 0. The molecule has 3 nitrogen and oxygen atoms in total. The molecule has 72 valence electrons. The number of para-hydroxylation sites is 1. The third-order valence-electron chi connectivity index (χ3n) is 1.71. The number of nitro benzene ring substituents is 1. The third-order valence-corrected chi connectivity index (χ3v) is 1.71. The lowest BCUT2D eigenvalue weighted by molar-refractivity contribution is -0.385. The van der Waals surface area contributed by atoms with Crippen LogP contribution in [0, 0.1) is 10.1 Å². The van der Waals surface area contributed by atoms with E-state index in [0.717, 1.165) is 0 Å². The molecular weight excluding hydrogens is 178 g/mol. The van der Waals surface area contributed by atoms with E-state index in [0.29, 0.717) is 5.56 Å². The van der Waals surface area contributed by atoms with Crippen LogP contribution in [0.5, 0.6) is 0 Å². The van der Waals surface area contributed by atoms with E-state index in [1.807, 2.05) is 19.1 Å². The number of benzene rings is 1. The Hall–Kier alpha value is -1.90. The fraction of sp³-hybridized carbons (Fsp3) is 0.0909. The molecule has 14 heavy (non-hydrogen) atoms. The maximum atomic E-state index is 10.6. The number of nitrogens with zero attached hydrogens (tertiary/aromatic N) is 1. The number of hydrogen-bond acceptors (Lipinski definition) is 2. The Balaban J connectivity index is 3.01. The minimum Gasteiger partial charge on any atom is -0.258 e. The Morgan fingerprint density at radius 3 is 2.64 bits per heavy atom. The van der Waals surface area contributed by atoms with E-state index in [-0.39, 0.29) is 10.6 Å². The van der Waals surface area contributed by atoms with Crippen molar-refractivity contribution in [3.63, 3.8) is 0 Å². The van der Waals surface area contributed by atoms with Crippen molar-refractivity contribution in [3.8, 4) is 0 Å². The molecule has 0 heterocycles. The molecule has 0 saturated carbocycles. The van der Waals surface area contributed by atoms with Crippen LogP contribution in [0.2, 0.25) is 0 Å². The normalized spacial score (nSPS) is 11.2. The van der Waals surface area contributed by atoms with Crippen LogP contribution in [0.25, 0.3) is 6.08 Å². The molecule has 0 saturated heterocycles. The lowest BCUT2D eigenvalue weighted by Gasteiger charge is -1.94. The van der Waals surface area contributed by atoms with Gasteiger partial charge >= 0.3 is 0 Å². The average molecular weight is 189 g/mol. The maximum Gasteiger partial charge on any atom is 0.276 e. The molecule has 0 aromatic heterocycles. The molecule has 0 amide bonds. The fourth-order valence-electron chi connectivity index (χ4n) is 1.07. The Kier molecular flexibility index (Phi) is 3.61. The molecule has 1 aromatic rings. The molecule has 0 aliphatic rings. The summed E-state index contributed by atoms with van der Waals surface area (Å²) >= 11 is 0. The SMILES string of the molecule is C/C=C/C=C/c1ccccc1[N+](=O)[O-]. The van der Waals surface area contributed by atoms with E-state index in [9.17, 15) is 10.1 Å².